The summed E-state index contributed by atoms with van der Waals surface area (Å²) < 4.78 is 0. The van der Waals surface area contributed by atoms with Crippen LogP contribution < -0.4 is 29.8 Å². The molecule has 29 heavy (non-hydrogen) atoms. The predicted molar refractivity (Wildman–Crippen MR) is 121 cm³/mol. The van der Waals surface area contributed by atoms with Crippen LogP contribution in [0.1, 0.15) is 0 Å². The van der Waals surface area contributed by atoms with Crippen LogP contribution in [-0.4, -0.2) is 107 Å². The van der Waals surface area contributed by atoms with Crippen molar-refractivity contribution in [3.63, 3.8) is 0 Å². The highest BCUT2D eigenvalue weighted by Crippen LogP contribution is 2.14. The van der Waals surface area contributed by atoms with Gasteiger partial charge in [-0.15, -0.1) is 0 Å². The highest BCUT2D eigenvalue weighted by molar-refractivity contribution is 5.44. The van der Waals surface area contributed by atoms with E-state index in [1.54, 1.807) is 7.05 Å². The second-order valence-electron chi connectivity index (χ2n) is 7.22. The molecule has 0 fully saturated rings. The SMILES string of the molecule is CN(C)c1nc(N(C)C)nc(N(C)C)n1.CNc1nc(N(C)C)nc(N(C)C)n1. The number of nitrogens with zero attached hydrogens (tertiary/aromatic N) is 11. The molecule has 0 saturated heterocycles. The van der Waals surface area contributed by atoms with E-state index in [0.29, 0.717) is 35.7 Å². The molecule has 0 unspecified atom stereocenters. The van der Waals surface area contributed by atoms with Crippen molar-refractivity contribution >= 4 is 35.7 Å². The Balaban J connectivity index is 0.000000291. The summed E-state index contributed by atoms with van der Waals surface area (Å²) in [6.45, 7) is 0. The van der Waals surface area contributed by atoms with Gasteiger partial charge >= 0.3 is 0 Å². The molecule has 0 spiro atoms. The van der Waals surface area contributed by atoms with Crippen molar-refractivity contribution in [3.05, 3.63) is 0 Å². The number of anilines is 6. The van der Waals surface area contributed by atoms with Crippen LogP contribution in [0.25, 0.3) is 0 Å². The molecule has 0 saturated carbocycles. The first-order chi connectivity index (χ1) is 13.5. The minimum atomic E-state index is 0.576. The van der Waals surface area contributed by atoms with Crippen LogP contribution in [0.5, 0.6) is 0 Å². The average Bonchev–Trinajstić information content (AvgIpc) is 2.67. The second-order valence-corrected chi connectivity index (χ2v) is 7.22. The third kappa shape index (κ3) is 7.05. The molecule has 0 aromatic carbocycles. The van der Waals surface area contributed by atoms with Gasteiger partial charge in [0.2, 0.25) is 35.7 Å². The van der Waals surface area contributed by atoms with Crippen molar-refractivity contribution in [2.45, 2.75) is 0 Å². The Morgan fingerprint density at radius 3 is 0.793 bits per heavy atom. The van der Waals surface area contributed by atoms with Gasteiger partial charge in [-0.05, 0) is 0 Å². The van der Waals surface area contributed by atoms with E-state index in [1.807, 2.05) is 95.0 Å². The Morgan fingerprint density at radius 1 is 0.414 bits per heavy atom. The number of hydrogen-bond donors (Lipinski definition) is 1. The van der Waals surface area contributed by atoms with Gasteiger partial charge in [0.15, 0.2) is 0 Å². The van der Waals surface area contributed by atoms with E-state index in [1.165, 1.54) is 0 Å². The molecule has 0 aliphatic heterocycles. The quantitative estimate of drug-likeness (QED) is 0.704. The molecular weight excluding hydrogens is 372 g/mol. The third-order valence-electron chi connectivity index (χ3n) is 3.44. The topological polar surface area (TPSA) is 106 Å². The fourth-order valence-electron chi connectivity index (χ4n) is 1.81. The molecule has 2 heterocycles. The Morgan fingerprint density at radius 2 is 0.621 bits per heavy atom. The molecule has 1 N–H and O–H groups in total. The smallest absolute Gasteiger partial charge is 0.231 e. The highest BCUT2D eigenvalue weighted by atomic mass is 15.4. The average molecular weight is 407 g/mol. The second kappa shape index (κ2) is 10.4. The molecule has 0 atom stereocenters. The lowest BCUT2D eigenvalue weighted by atomic mass is 10.7. The van der Waals surface area contributed by atoms with Crippen molar-refractivity contribution in [2.24, 2.45) is 0 Å². The normalized spacial score (nSPS) is 9.90. The standard InChI is InChI=1S/C9H18N6.C8H16N6/c1-13(2)7-10-8(14(3)4)12-9(11-7)15(5)6;1-9-6-10-7(13(2)3)12-8(11-6)14(4)5/h1-6H3;1-5H3,(H,9,10,11,12). The summed E-state index contributed by atoms with van der Waals surface area (Å²) in [5.74, 6) is 3.86. The summed E-state index contributed by atoms with van der Waals surface area (Å²) in [6.07, 6.45) is 0. The summed E-state index contributed by atoms with van der Waals surface area (Å²) in [5, 5.41) is 2.90. The van der Waals surface area contributed by atoms with E-state index in [-0.39, 0.29) is 0 Å². The minimum absolute atomic E-state index is 0.576. The van der Waals surface area contributed by atoms with Crippen LogP contribution in [-0.2, 0) is 0 Å². The van der Waals surface area contributed by atoms with Crippen LogP contribution in [0.4, 0.5) is 35.7 Å². The maximum atomic E-state index is 4.32. The van der Waals surface area contributed by atoms with Crippen molar-refractivity contribution < 1.29 is 0 Å². The molecule has 0 amide bonds. The molecule has 0 aliphatic rings. The largest absolute Gasteiger partial charge is 0.357 e. The van der Waals surface area contributed by atoms with Gasteiger partial charge in [-0.1, -0.05) is 0 Å². The molecular formula is C17H34N12. The number of rotatable bonds is 6. The van der Waals surface area contributed by atoms with Crippen LogP contribution in [0.2, 0.25) is 0 Å². The summed E-state index contributed by atoms with van der Waals surface area (Å²) in [5.41, 5.74) is 0. The molecule has 12 nitrogen and oxygen atoms in total. The molecule has 162 valence electrons. The zero-order chi connectivity index (χ0) is 22.3. The Bertz CT molecular complexity index is 682. The van der Waals surface area contributed by atoms with Gasteiger partial charge in [0, 0.05) is 77.5 Å². The highest BCUT2D eigenvalue weighted by Gasteiger charge is 2.10. The van der Waals surface area contributed by atoms with E-state index >= 15 is 0 Å². The molecule has 0 aliphatic carbocycles. The molecule has 0 bridgehead atoms. The van der Waals surface area contributed by atoms with Gasteiger partial charge in [0.25, 0.3) is 0 Å². The Kier molecular flexibility index (Phi) is 8.55. The van der Waals surface area contributed by atoms with Crippen molar-refractivity contribution in [1.82, 2.24) is 29.9 Å². The minimum Gasteiger partial charge on any atom is -0.357 e. The van der Waals surface area contributed by atoms with Gasteiger partial charge in [-0.3, -0.25) is 0 Å². The maximum Gasteiger partial charge on any atom is 0.231 e. The van der Waals surface area contributed by atoms with Crippen molar-refractivity contribution in [1.29, 1.82) is 0 Å². The number of aromatic nitrogens is 6. The van der Waals surface area contributed by atoms with Crippen molar-refractivity contribution in [2.75, 3.05) is 107 Å². The summed E-state index contributed by atoms with van der Waals surface area (Å²) in [4.78, 5) is 34.9. The lowest BCUT2D eigenvalue weighted by Crippen LogP contribution is -2.22. The van der Waals surface area contributed by atoms with E-state index in [0.717, 1.165) is 0 Å². The van der Waals surface area contributed by atoms with Gasteiger partial charge < -0.3 is 29.8 Å². The van der Waals surface area contributed by atoms with Gasteiger partial charge in [0.1, 0.15) is 0 Å². The van der Waals surface area contributed by atoms with Gasteiger partial charge in [-0.25, -0.2) is 0 Å². The Hall–Kier alpha value is -3.18. The van der Waals surface area contributed by atoms with Crippen LogP contribution in [0.15, 0.2) is 0 Å². The zero-order valence-electron chi connectivity index (χ0n) is 19.4. The zero-order valence-corrected chi connectivity index (χ0v) is 19.4. The van der Waals surface area contributed by atoms with E-state index in [4.69, 9.17) is 0 Å². The molecule has 0 radical (unpaired) electrons. The van der Waals surface area contributed by atoms with Gasteiger partial charge in [-0.2, -0.15) is 29.9 Å². The maximum absolute atomic E-state index is 4.32. The van der Waals surface area contributed by atoms with E-state index in [2.05, 4.69) is 35.2 Å². The molecule has 2 aromatic rings. The number of nitrogens with one attached hydrogen (secondary N) is 1. The number of hydrogen-bond acceptors (Lipinski definition) is 12. The fourth-order valence-corrected chi connectivity index (χ4v) is 1.81. The van der Waals surface area contributed by atoms with E-state index < -0.39 is 0 Å². The first-order valence-electron chi connectivity index (χ1n) is 9.02. The molecule has 2 aromatic heterocycles. The predicted octanol–water partition coefficient (Wildman–Crippen LogP) is 0.115. The van der Waals surface area contributed by atoms with Crippen LogP contribution in [0, 0.1) is 0 Å². The van der Waals surface area contributed by atoms with Crippen molar-refractivity contribution in [3.8, 4) is 0 Å². The third-order valence-corrected chi connectivity index (χ3v) is 3.44. The van der Waals surface area contributed by atoms with E-state index in [9.17, 15) is 0 Å². The summed E-state index contributed by atoms with van der Waals surface area (Å²) >= 11 is 0. The molecule has 12 heteroatoms. The summed E-state index contributed by atoms with van der Waals surface area (Å²) in [6, 6.07) is 0. The fraction of sp³-hybridized carbons (Fsp3) is 0.647. The lowest BCUT2D eigenvalue weighted by Gasteiger charge is -2.18. The first-order valence-corrected chi connectivity index (χ1v) is 9.02. The molecule has 2 rings (SSSR count). The lowest BCUT2D eigenvalue weighted by molar-refractivity contribution is 0.886. The van der Waals surface area contributed by atoms with Gasteiger partial charge in [0.05, 0.1) is 0 Å². The first kappa shape index (κ1) is 23.9. The monoisotopic (exact) mass is 406 g/mol. The summed E-state index contributed by atoms with van der Waals surface area (Å²) in [7, 11) is 20.8. The van der Waals surface area contributed by atoms with Crippen LogP contribution in [0.3, 0.4) is 0 Å². The van der Waals surface area contributed by atoms with Crippen LogP contribution >= 0.6 is 0 Å². The Labute approximate surface area is 173 Å².